The van der Waals surface area contributed by atoms with Crippen LogP contribution in [-0.4, -0.2) is 38.4 Å². The van der Waals surface area contributed by atoms with Crippen molar-refractivity contribution in [1.29, 1.82) is 0 Å². The van der Waals surface area contributed by atoms with Crippen LogP contribution in [-0.2, 0) is 26.2 Å². The predicted molar refractivity (Wildman–Crippen MR) is 145 cm³/mol. The Morgan fingerprint density at radius 3 is 2.84 bits per heavy atom. The van der Waals surface area contributed by atoms with Crippen LogP contribution in [0.1, 0.15) is 67.4 Å². The second-order valence-electron chi connectivity index (χ2n) is 11.0. The zero-order chi connectivity index (χ0) is 26.4. The normalized spacial score (nSPS) is 29.8. The van der Waals surface area contributed by atoms with Crippen LogP contribution in [0.4, 0.5) is 5.13 Å². The van der Waals surface area contributed by atoms with Gasteiger partial charge in [0.05, 0.1) is 12.0 Å². The first-order chi connectivity index (χ1) is 17.6. The molecule has 3 aliphatic rings. The molecule has 10 heteroatoms. The molecular weight excluding hydrogens is 510 g/mol. The maximum absolute atomic E-state index is 12.7. The number of hydrogen-bond acceptors (Lipinski definition) is 8. The highest BCUT2D eigenvalue weighted by Gasteiger charge is 2.57. The van der Waals surface area contributed by atoms with E-state index in [1.54, 1.807) is 19.4 Å². The van der Waals surface area contributed by atoms with E-state index in [9.17, 15) is 13.2 Å². The highest BCUT2D eigenvalue weighted by molar-refractivity contribution is 7.86. The second-order valence-corrected chi connectivity index (χ2v) is 13.8. The number of aryl methyl sites for hydroxylation is 2. The zero-order valence-electron chi connectivity index (χ0n) is 21.8. The molecule has 3 unspecified atom stereocenters. The van der Waals surface area contributed by atoms with Gasteiger partial charge in [-0.25, -0.2) is 4.98 Å². The number of carbonyl (C=O) groups excluding carboxylic acids is 1. The Morgan fingerprint density at radius 2 is 2.14 bits per heavy atom. The SMILES string of the molecule is CO/N=C1\C[C@@H](CCC(=O)Nc2ncc(C)s2)C2C3CCc4cc(OS(C)(=O)=O)ccc4C3CC[C@]12C. The number of rotatable bonds is 7. The van der Waals surface area contributed by atoms with Gasteiger partial charge in [-0.05, 0) is 92.4 Å². The number of anilines is 1. The van der Waals surface area contributed by atoms with E-state index in [1.165, 1.54) is 22.5 Å². The molecule has 0 aliphatic heterocycles. The summed E-state index contributed by atoms with van der Waals surface area (Å²) in [5, 5.41) is 8.10. The molecule has 0 bridgehead atoms. The van der Waals surface area contributed by atoms with Gasteiger partial charge in [-0.3, -0.25) is 4.79 Å². The van der Waals surface area contributed by atoms with Crippen LogP contribution in [0.2, 0.25) is 0 Å². The first kappa shape index (κ1) is 26.2. The van der Waals surface area contributed by atoms with Crippen LogP contribution in [0.25, 0.3) is 0 Å². The summed E-state index contributed by atoms with van der Waals surface area (Å²) in [7, 11) is -1.95. The highest BCUT2D eigenvalue weighted by Crippen LogP contribution is 2.62. The van der Waals surface area contributed by atoms with Crippen molar-refractivity contribution in [2.24, 2.45) is 28.3 Å². The molecule has 200 valence electrons. The third-order valence-electron chi connectivity index (χ3n) is 8.63. The molecule has 0 radical (unpaired) electrons. The van der Waals surface area contributed by atoms with Crippen molar-refractivity contribution in [2.75, 3.05) is 18.7 Å². The molecule has 5 atom stereocenters. The third-order valence-corrected chi connectivity index (χ3v) is 9.95. The van der Waals surface area contributed by atoms with Crippen LogP contribution >= 0.6 is 11.3 Å². The minimum Gasteiger partial charge on any atom is -0.399 e. The molecule has 37 heavy (non-hydrogen) atoms. The Morgan fingerprint density at radius 1 is 1.32 bits per heavy atom. The van der Waals surface area contributed by atoms with E-state index in [0.717, 1.165) is 55.4 Å². The Bertz CT molecular complexity index is 1320. The Hall–Kier alpha value is -2.46. The number of benzene rings is 1. The average Bonchev–Trinajstić information content (AvgIpc) is 3.36. The standard InChI is InChI=1S/C27H35N3O5S2/c1-16-15-28-26(36-16)29-24(31)10-6-18-14-23(30-34-3)27(2)12-11-21-20-9-7-19(35-37(4,32)33)13-17(20)5-8-22(21)25(18)27/h7,9,13,15,18,21-22,25H,5-6,8,10-12,14H2,1-4H3,(H,28,29,31)/b30-23+/t18-,21?,22?,25?,27-/m1/s1. The molecule has 2 saturated carbocycles. The van der Waals surface area contributed by atoms with Crippen LogP contribution in [0.5, 0.6) is 5.75 Å². The fourth-order valence-corrected chi connectivity index (χ4v) is 8.43. The van der Waals surface area contributed by atoms with Crippen molar-refractivity contribution < 1.29 is 22.2 Å². The maximum atomic E-state index is 12.7. The van der Waals surface area contributed by atoms with Gasteiger partial charge >= 0.3 is 10.1 Å². The highest BCUT2D eigenvalue weighted by atomic mass is 32.2. The molecule has 8 nitrogen and oxygen atoms in total. The molecule has 1 aromatic heterocycles. The first-order valence-electron chi connectivity index (χ1n) is 12.9. The second kappa shape index (κ2) is 10.0. The van der Waals surface area contributed by atoms with Crippen molar-refractivity contribution in [3.63, 3.8) is 0 Å². The first-order valence-corrected chi connectivity index (χ1v) is 15.6. The number of thiazole rings is 1. The van der Waals surface area contributed by atoms with Crippen molar-refractivity contribution >= 4 is 38.2 Å². The van der Waals surface area contributed by atoms with Gasteiger partial charge in [-0.2, -0.15) is 8.42 Å². The molecule has 3 aliphatic carbocycles. The molecule has 2 aromatic rings. The summed E-state index contributed by atoms with van der Waals surface area (Å²) in [6.07, 6.45) is 8.94. The van der Waals surface area contributed by atoms with Crippen molar-refractivity contribution in [3.05, 3.63) is 40.4 Å². The number of oxime groups is 1. The van der Waals surface area contributed by atoms with E-state index in [2.05, 4.69) is 28.4 Å². The lowest BCUT2D eigenvalue weighted by molar-refractivity contribution is -0.116. The monoisotopic (exact) mass is 545 g/mol. The fourth-order valence-electron chi connectivity index (χ4n) is 7.29. The van der Waals surface area contributed by atoms with E-state index in [0.29, 0.717) is 41.0 Å². The third kappa shape index (κ3) is 5.27. The number of nitrogens with zero attached hydrogens (tertiary/aromatic N) is 2. The summed E-state index contributed by atoms with van der Waals surface area (Å²) in [6, 6.07) is 5.74. The molecule has 1 amide bonds. The van der Waals surface area contributed by atoms with Crippen molar-refractivity contribution in [2.45, 2.75) is 64.7 Å². The summed E-state index contributed by atoms with van der Waals surface area (Å²) in [5.74, 6) is 2.04. The van der Waals surface area contributed by atoms with E-state index >= 15 is 0 Å². The molecule has 1 aromatic carbocycles. The van der Waals surface area contributed by atoms with Crippen LogP contribution in [0.3, 0.4) is 0 Å². The van der Waals surface area contributed by atoms with Crippen LogP contribution < -0.4 is 9.50 Å². The summed E-state index contributed by atoms with van der Waals surface area (Å²) < 4.78 is 28.4. The van der Waals surface area contributed by atoms with Gasteiger partial charge in [-0.1, -0.05) is 18.1 Å². The number of nitrogens with one attached hydrogen (secondary N) is 1. The molecule has 1 heterocycles. The van der Waals surface area contributed by atoms with Crippen molar-refractivity contribution in [1.82, 2.24) is 4.98 Å². The number of fused-ring (bicyclic) bond motifs is 5. The Kier molecular flexibility index (Phi) is 7.08. The van der Waals surface area contributed by atoms with E-state index in [4.69, 9.17) is 9.02 Å². The van der Waals surface area contributed by atoms with Gasteiger partial charge in [0.1, 0.15) is 12.9 Å². The molecule has 5 rings (SSSR count). The van der Waals surface area contributed by atoms with Crippen LogP contribution in [0, 0.1) is 30.1 Å². The molecular formula is C27H35N3O5S2. The Balaban J connectivity index is 1.37. The molecule has 1 N–H and O–H groups in total. The summed E-state index contributed by atoms with van der Waals surface area (Å²) in [6.45, 7) is 4.31. The quantitative estimate of drug-likeness (QED) is 0.374. The smallest absolute Gasteiger partial charge is 0.306 e. The van der Waals surface area contributed by atoms with Crippen LogP contribution in [0.15, 0.2) is 29.6 Å². The molecule has 0 spiro atoms. The molecule has 2 fully saturated rings. The minimum atomic E-state index is -3.56. The topological polar surface area (TPSA) is 107 Å². The summed E-state index contributed by atoms with van der Waals surface area (Å²) in [4.78, 5) is 23.4. The van der Waals surface area contributed by atoms with E-state index in [1.807, 2.05) is 13.0 Å². The maximum Gasteiger partial charge on any atom is 0.306 e. The number of aromatic nitrogens is 1. The summed E-state index contributed by atoms with van der Waals surface area (Å²) in [5.41, 5.74) is 3.58. The van der Waals surface area contributed by atoms with Gasteiger partial charge in [0.25, 0.3) is 0 Å². The van der Waals surface area contributed by atoms with E-state index in [-0.39, 0.29) is 11.3 Å². The van der Waals surface area contributed by atoms with Gasteiger partial charge in [-0.15, -0.1) is 11.3 Å². The Labute approximate surface area is 223 Å². The predicted octanol–water partition coefficient (Wildman–Crippen LogP) is 5.29. The molecule has 0 saturated heterocycles. The number of hydrogen-bond donors (Lipinski definition) is 1. The summed E-state index contributed by atoms with van der Waals surface area (Å²) >= 11 is 1.49. The van der Waals surface area contributed by atoms with Gasteiger partial charge in [0.15, 0.2) is 5.13 Å². The minimum absolute atomic E-state index is 0.00735. The van der Waals surface area contributed by atoms with Gasteiger partial charge in [0.2, 0.25) is 5.91 Å². The van der Waals surface area contributed by atoms with Crippen molar-refractivity contribution in [3.8, 4) is 5.75 Å². The lowest BCUT2D eigenvalue weighted by Gasteiger charge is -2.50. The number of carbonyl (C=O) groups is 1. The van der Waals surface area contributed by atoms with E-state index < -0.39 is 10.1 Å². The average molecular weight is 546 g/mol. The number of amides is 1. The van der Waals surface area contributed by atoms with Gasteiger partial charge in [0, 0.05) is 22.9 Å². The lowest BCUT2D eigenvalue weighted by atomic mass is 9.54. The van der Waals surface area contributed by atoms with Gasteiger partial charge < -0.3 is 14.3 Å². The fraction of sp³-hybridized carbons (Fsp3) is 0.593. The lowest BCUT2D eigenvalue weighted by Crippen LogP contribution is -2.44. The largest absolute Gasteiger partial charge is 0.399 e. The zero-order valence-corrected chi connectivity index (χ0v) is 23.5.